The molecular weight excluding hydrogens is 258 g/mol. The van der Waals surface area contributed by atoms with Gasteiger partial charge in [0.1, 0.15) is 0 Å². The summed E-state index contributed by atoms with van der Waals surface area (Å²) in [6, 6.07) is 0. The zero-order chi connectivity index (χ0) is 13.8. The first-order valence-electron chi connectivity index (χ1n) is 5.71. The van der Waals surface area contributed by atoms with Gasteiger partial charge in [0.2, 0.25) is 10.0 Å². The fourth-order valence-corrected chi connectivity index (χ4v) is 2.87. The number of H-pyrrole nitrogens is 2. The van der Waals surface area contributed by atoms with Gasteiger partial charge in [-0.2, -0.15) is 0 Å². The predicted molar refractivity (Wildman–Crippen MR) is 67.1 cm³/mol. The molecule has 18 heavy (non-hydrogen) atoms. The smallest absolute Gasteiger partial charge is 0.310 e. The Bertz CT molecular complexity index is 615. The van der Waals surface area contributed by atoms with E-state index in [0.29, 0.717) is 6.42 Å². The van der Waals surface area contributed by atoms with Crippen LogP contribution in [0.15, 0.2) is 14.5 Å². The minimum Gasteiger partial charge on any atom is -0.310 e. The van der Waals surface area contributed by atoms with Gasteiger partial charge in [-0.3, -0.25) is 9.78 Å². The molecule has 1 aromatic heterocycles. The van der Waals surface area contributed by atoms with Crippen molar-refractivity contribution in [1.82, 2.24) is 14.7 Å². The first-order valence-corrected chi connectivity index (χ1v) is 7.19. The van der Waals surface area contributed by atoms with Gasteiger partial charge in [-0.15, -0.1) is 0 Å². The van der Waals surface area contributed by atoms with E-state index in [0.717, 1.165) is 12.8 Å². The number of unbranched alkanes of at least 4 members (excludes halogenated alkanes) is 2. The molecule has 0 aromatic carbocycles. The average molecular weight is 275 g/mol. The van der Waals surface area contributed by atoms with Crippen molar-refractivity contribution in [3.8, 4) is 0 Å². The van der Waals surface area contributed by atoms with Gasteiger partial charge < -0.3 is 4.98 Å². The molecular formula is C10H17N3O4S. The minimum atomic E-state index is -3.88. The number of hydrogen-bond acceptors (Lipinski definition) is 4. The maximum atomic E-state index is 11.9. The van der Waals surface area contributed by atoms with Gasteiger partial charge in [-0.25, -0.2) is 17.9 Å². The second kappa shape index (κ2) is 5.96. The van der Waals surface area contributed by atoms with Gasteiger partial charge in [0.05, 0.1) is 0 Å². The van der Waals surface area contributed by atoms with Crippen LogP contribution in [0.2, 0.25) is 0 Å². The van der Waals surface area contributed by atoms with Gasteiger partial charge in [0, 0.05) is 12.2 Å². The Hall–Kier alpha value is -1.41. The summed E-state index contributed by atoms with van der Waals surface area (Å²) in [5.74, 6) is 0. The highest BCUT2D eigenvalue weighted by molar-refractivity contribution is 7.89. The van der Waals surface area contributed by atoms with E-state index in [1.165, 1.54) is 6.92 Å². The van der Waals surface area contributed by atoms with E-state index < -0.39 is 26.2 Å². The summed E-state index contributed by atoms with van der Waals surface area (Å²) < 4.78 is 26.1. The van der Waals surface area contributed by atoms with Gasteiger partial charge in [-0.1, -0.05) is 19.8 Å². The Kier molecular flexibility index (Phi) is 4.85. The van der Waals surface area contributed by atoms with Crippen molar-refractivity contribution < 1.29 is 8.42 Å². The van der Waals surface area contributed by atoms with Crippen molar-refractivity contribution in [2.75, 3.05) is 6.54 Å². The Morgan fingerprint density at radius 2 is 1.83 bits per heavy atom. The standard InChI is InChI=1S/C10H17N3O4S/c1-3-4-5-6-11-18(16,17)8-7(2)12-10(15)13-9(8)14/h11H,3-6H2,1-2H3,(H2,12,13,14,15). The zero-order valence-electron chi connectivity index (χ0n) is 10.4. The number of aryl methyl sites for hydroxylation is 1. The fourth-order valence-electron chi connectivity index (χ4n) is 1.57. The van der Waals surface area contributed by atoms with E-state index >= 15 is 0 Å². The molecule has 1 rings (SSSR count). The molecule has 8 heteroatoms. The molecule has 0 bridgehead atoms. The molecule has 0 amide bonds. The lowest BCUT2D eigenvalue weighted by atomic mass is 10.3. The third kappa shape index (κ3) is 3.54. The van der Waals surface area contributed by atoms with Crippen molar-refractivity contribution in [2.45, 2.75) is 38.0 Å². The molecule has 0 aliphatic heterocycles. The molecule has 102 valence electrons. The monoisotopic (exact) mass is 275 g/mol. The third-order valence-corrected chi connectivity index (χ3v) is 4.03. The molecule has 1 heterocycles. The second-order valence-corrected chi connectivity index (χ2v) is 5.67. The van der Waals surface area contributed by atoms with Gasteiger partial charge in [-0.05, 0) is 13.3 Å². The van der Waals surface area contributed by atoms with Crippen molar-refractivity contribution in [3.05, 3.63) is 26.5 Å². The van der Waals surface area contributed by atoms with Crippen LogP contribution in [0.1, 0.15) is 31.9 Å². The van der Waals surface area contributed by atoms with Crippen LogP contribution < -0.4 is 16.0 Å². The average Bonchev–Trinajstić information content (AvgIpc) is 2.22. The van der Waals surface area contributed by atoms with Crippen LogP contribution >= 0.6 is 0 Å². The normalized spacial score (nSPS) is 11.7. The second-order valence-electron chi connectivity index (χ2n) is 3.97. The summed E-state index contributed by atoms with van der Waals surface area (Å²) >= 11 is 0. The molecule has 0 saturated heterocycles. The van der Waals surface area contributed by atoms with E-state index in [-0.39, 0.29) is 12.2 Å². The number of aromatic amines is 2. The van der Waals surface area contributed by atoms with E-state index in [1.54, 1.807) is 0 Å². The zero-order valence-corrected chi connectivity index (χ0v) is 11.2. The summed E-state index contributed by atoms with van der Waals surface area (Å²) in [5, 5.41) is 0. The van der Waals surface area contributed by atoms with Crippen LogP contribution in [0.4, 0.5) is 0 Å². The van der Waals surface area contributed by atoms with Crippen molar-refractivity contribution >= 4 is 10.0 Å². The SMILES string of the molecule is CCCCCNS(=O)(=O)c1c(C)[nH]c(=O)[nH]c1=O. The third-order valence-electron chi connectivity index (χ3n) is 2.42. The molecule has 0 radical (unpaired) electrons. The van der Waals surface area contributed by atoms with Gasteiger partial charge in [0.15, 0.2) is 4.90 Å². The Morgan fingerprint density at radius 3 is 2.39 bits per heavy atom. The van der Waals surface area contributed by atoms with Crippen LogP contribution in [0, 0.1) is 6.92 Å². The summed E-state index contributed by atoms with van der Waals surface area (Å²) in [6.45, 7) is 3.65. The van der Waals surface area contributed by atoms with Crippen molar-refractivity contribution in [3.63, 3.8) is 0 Å². The van der Waals surface area contributed by atoms with E-state index in [1.807, 2.05) is 11.9 Å². The maximum absolute atomic E-state index is 11.9. The minimum absolute atomic E-state index is 0.0340. The van der Waals surface area contributed by atoms with Crippen LogP contribution in [0.3, 0.4) is 0 Å². The molecule has 0 fully saturated rings. The number of nitrogens with one attached hydrogen (secondary N) is 3. The lowest BCUT2D eigenvalue weighted by Gasteiger charge is -2.07. The van der Waals surface area contributed by atoms with Crippen LogP contribution in [0.5, 0.6) is 0 Å². The highest BCUT2D eigenvalue weighted by atomic mass is 32.2. The molecule has 0 spiro atoms. The summed E-state index contributed by atoms with van der Waals surface area (Å²) in [5.41, 5.74) is -1.59. The van der Waals surface area contributed by atoms with Crippen molar-refractivity contribution in [1.29, 1.82) is 0 Å². The molecule has 0 aliphatic carbocycles. The quantitative estimate of drug-likeness (QED) is 0.626. The van der Waals surface area contributed by atoms with Crippen LogP contribution in [-0.4, -0.2) is 24.9 Å². The van der Waals surface area contributed by atoms with E-state index in [9.17, 15) is 18.0 Å². The molecule has 7 nitrogen and oxygen atoms in total. The first kappa shape index (κ1) is 14.7. The first-order chi connectivity index (χ1) is 8.38. The maximum Gasteiger partial charge on any atom is 0.325 e. The number of hydrogen-bond donors (Lipinski definition) is 3. The van der Waals surface area contributed by atoms with Crippen molar-refractivity contribution in [2.24, 2.45) is 0 Å². The molecule has 1 aromatic rings. The van der Waals surface area contributed by atoms with E-state index in [2.05, 4.69) is 9.71 Å². The molecule has 0 unspecified atom stereocenters. The fraction of sp³-hybridized carbons (Fsp3) is 0.600. The lowest BCUT2D eigenvalue weighted by molar-refractivity contribution is 0.572. The summed E-state index contributed by atoms with van der Waals surface area (Å²) in [4.78, 5) is 26.2. The van der Waals surface area contributed by atoms with E-state index in [4.69, 9.17) is 0 Å². The van der Waals surface area contributed by atoms with Gasteiger partial charge >= 0.3 is 5.69 Å². The van der Waals surface area contributed by atoms with Crippen LogP contribution in [-0.2, 0) is 10.0 Å². The number of aromatic nitrogens is 2. The molecule has 3 N–H and O–H groups in total. The summed E-state index contributed by atoms with van der Waals surface area (Å²) in [6.07, 6.45) is 2.58. The predicted octanol–water partition coefficient (Wildman–Crippen LogP) is -0.160. The Morgan fingerprint density at radius 1 is 1.17 bits per heavy atom. The largest absolute Gasteiger partial charge is 0.325 e. The lowest BCUT2D eigenvalue weighted by Crippen LogP contribution is -2.35. The number of sulfonamides is 1. The topological polar surface area (TPSA) is 112 Å². The Balaban J connectivity index is 2.99. The summed E-state index contributed by atoms with van der Waals surface area (Å²) in [7, 11) is -3.88. The highest BCUT2D eigenvalue weighted by Crippen LogP contribution is 2.05. The molecule has 0 aliphatic rings. The molecule has 0 saturated carbocycles. The molecule has 0 atom stereocenters. The van der Waals surface area contributed by atoms with Gasteiger partial charge in [0.25, 0.3) is 5.56 Å². The van der Waals surface area contributed by atoms with Crippen LogP contribution in [0.25, 0.3) is 0 Å². The number of rotatable bonds is 6. The highest BCUT2D eigenvalue weighted by Gasteiger charge is 2.21. The Labute approximate surface area is 105 Å².